The molecule has 12 nitrogen and oxygen atoms in total. The third-order valence-electron chi connectivity index (χ3n) is 7.13. The number of carbonyl (C=O) groups is 3. The van der Waals surface area contributed by atoms with Crippen molar-refractivity contribution in [3.63, 3.8) is 0 Å². The van der Waals surface area contributed by atoms with Gasteiger partial charge in [0.25, 0.3) is 5.91 Å². The fourth-order valence-electron chi connectivity index (χ4n) is 4.97. The van der Waals surface area contributed by atoms with E-state index in [2.05, 4.69) is 50.0 Å². The van der Waals surface area contributed by atoms with E-state index in [0.29, 0.717) is 22.8 Å². The minimum absolute atomic E-state index is 0.191. The van der Waals surface area contributed by atoms with Crippen molar-refractivity contribution in [3.8, 4) is 17.2 Å². The van der Waals surface area contributed by atoms with E-state index in [1.54, 1.807) is 38.3 Å². The average Bonchev–Trinajstić information content (AvgIpc) is 3.27. The number of aromatic nitrogens is 1. The molecule has 2 heterocycles. The Morgan fingerprint density at radius 1 is 1.07 bits per heavy atom. The summed E-state index contributed by atoms with van der Waals surface area (Å²) < 4.78 is 18.5. The number of urea groups is 1. The lowest BCUT2D eigenvalue weighted by atomic mass is 9.95. The van der Waals surface area contributed by atoms with Crippen LogP contribution in [0.25, 0.3) is 5.69 Å². The molecule has 232 valence electrons. The molecule has 0 saturated carbocycles. The Bertz CT molecular complexity index is 1610. The number of hydrogen-bond donors (Lipinski definition) is 3. The fourth-order valence-corrected chi connectivity index (χ4v) is 4.97. The first-order chi connectivity index (χ1) is 21.0. The van der Waals surface area contributed by atoms with Crippen LogP contribution in [0, 0.1) is 13.8 Å². The number of methoxy groups -OCH3 is 1. The number of anilines is 1. The van der Waals surface area contributed by atoms with Gasteiger partial charge in [-0.15, -0.1) is 0 Å². The second kappa shape index (κ2) is 13.8. The molecular weight excluding hydrogens is 564 g/mol. The molecule has 3 amide bonds. The quantitative estimate of drug-likeness (QED) is 0.172. The minimum Gasteiger partial charge on any atom is -0.493 e. The highest BCUT2D eigenvalue weighted by Crippen LogP contribution is 2.34. The van der Waals surface area contributed by atoms with Crippen LogP contribution in [0.1, 0.15) is 42.4 Å². The maximum atomic E-state index is 12.6. The molecule has 2 aromatic carbocycles. The second-order valence-corrected chi connectivity index (χ2v) is 10.4. The Balaban J connectivity index is 1.41. The molecule has 0 unspecified atom stereocenters. The van der Waals surface area contributed by atoms with Gasteiger partial charge in [-0.3, -0.25) is 4.79 Å². The van der Waals surface area contributed by atoms with Crippen LogP contribution in [0.2, 0.25) is 0 Å². The summed E-state index contributed by atoms with van der Waals surface area (Å²) in [5.41, 5.74) is 8.79. The van der Waals surface area contributed by atoms with E-state index in [1.807, 2.05) is 38.9 Å². The van der Waals surface area contributed by atoms with Crippen molar-refractivity contribution in [1.29, 1.82) is 0 Å². The van der Waals surface area contributed by atoms with Gasteiger partial charge in [-0.2, -0.15) is 5.10 Å². The molecule has 1 aromatic heterocycles. The highest BCUT2D eigenvalue weighted by Gasteiger charge is 2.32. The molecule has 0 radical (unpaired) electrons. The normalized spacial score (nSPS) is 14.6. The van der Waals surface area contributed by atoms with E-state index >= 15 is 0 Å². The molecule has 0 bridgehead atoms. The Kier molecular flexibility index (Phi) is 9.94. The van der Waals surface area contributed by atoms with Crippen molar-refractivity contribution < 1.29 is 28.6 Å². The summed E-state index contributed by atoms with van der Waals surface area (Å²) in [4.78, 5) is 39.4. The van der Waals surface area contributed by atoms with E-state index < -0.39 is 23.9 Å². The SMILES string of the molecule is CCOC(=O)C1=C(C)NC(=O)N[C@H]1c1ccc(OCC(=O)N/N=C\c2cc(C)n(-c3ccc(N(C)C)cc3)c2C)c(OC)c1. The van der Waals surface area contributed by atoms with E-state index in [9.17, 15) is 14.4 Å². The number of nitrogens with zero attached hydrogens (tertiary/aromatic N) is 3. The summed E-state index contributed by atoms with van der Waals surface area (Å²) in [5, 5.41) is 9.47. The summed E-state index contributed by atoms with van der Waals surface area (Å²) >= 11 is 0. The highest BCUT2D eigenvalue weighted by molar-refractivity contribution is 5.95. The first-order valence-electron chi connectivity index (χ1n) is 14.1. The number of hydrazone groups is 1. The predicted octanol–water partition coefficient (Wildman–Crippen LogP) is 3.89. The van der Waals surface area contributed by atoms with Gasteiger partial charge in [0.15, 0.2) is 18.1 Å². The van der Waals surface area contributed by atoms with Crippen LogP contribution in [0.15, 0.2) is 64.9 Å². The first-order valence-corrected chi connectivity index (χ1v) is 14.1. The number of allylic oxidation sites excluding steroid dienone is 1. The van der Waals surface area contributed by atoms with Crippen LogP contribution in [-0.4, -0.2) is 63.1 Å². The average molecular weight is 603 g/mol. The largest absolute Gasteiger partial charge is 0.493 e. The van der Waals surface area contributed by atoms with Crippen LogP contribution >= 0.6 is 0 Å². The molecule has 3 aromatic rings. The summed E-state index contributed by atoms with van der Waals surface area (Å²) in [6, 6.07) is 14.0. The summed E-state index contributed by atoms with van der Waals surface area (Å²) in [7, 11) is 5.46. The number of aryl methyl sites for hydroxylation is 1. The molecule has 0 fully saturated rings. The maximum absolute atomic E-state index is 12.6. The van der Waals surface area contributed by atoms with Gasteiger partial charge >= 0.3 is 12.0 Å². The number of benzene rings is 2. The van der Waals surface area contributed by atoms with Crippen molar-refractivity contribution in [3.05, 3.63) is 82.3 Å². The Hall–Kier alpha value is -5.26. The third kappa shape index (κ3) is 7.02. The molecular formula is C32H38N6O6. The number of esters is 1. The Morgan fingerprint density at radius 3 is 2.45 bits per heavy atom. The van der Waals surface area contributed by atoms with Crippen molar-refractivity contribution in [2.24, 2.45) is 5.10 Å². The first kappa shape index (κ1) is 31.7. The molecule has 3 N–H and O–H groups in total. The number of amides is 3. The van der Waals surface area contributed by atoms with Gasteiger partial charge in [-0.05, 0) is 75.7 Å². The number of nitrogens with one attached hydrogen (secondary N) is 3. The van der Waals surface area contributed by atoms with Crippen LogP contribution in [0.5, 0.6) is 11.5 Å². The zero-order chi connectivity index (χ0) is 32.0. The monoisotopic (exact) mass is 602 g/mol. The number of hydrogen-bond acceptors (Lipinski definition) is 8. The zero-order valence-electron chi connectivity index (χ0n) is 26.0. The minimum atomic E-state index is -0.761. The van der Waals surface area contributed by atoms with Gasteiger partial charge in [0.2, 0.25) is 0 Å². The molecule has 1 aliphatic rings. The van der Waals surface area contributed by atoms with Crippen LogP contribution in [0.4, 0.5) is 10.5 Å². The molecule has 0 saturated heterocycles. The number of carbonyl (C=O) groups excluding carboxylic acids is 3. The van der Waals surface area contributed by atoms with Gasteiger partial charge in [0, 0.05) is 48.1 Å². The van der Waals surface area contributed by atoms with E-state index in [1.165, 1.54) is 7.11 Å². The Labute approximate surface area is 256 Å². The maximum Gasteiger partial charge on any atom is 0.338 e. The zero-order valence-corrected chi connectivity index (χ0v) is 26.0. The lowest BCUT2D eigenvalue weighted by molar-refractivity contribution is -0.139. The molecule has 4 rings (SSSR count). The van der Waals surface area contributed by atoms with Crippen LogP contribution in [-0.2, 0) is 14.3 Å². The smallest absolute Gasteiger partial charge is 0.338 e. The molecule has 0 spiro atoms. The van der Waals surface area contributed by atoms with E-state index in [-0.39, 0.29) is 18.8 Å². The topological polar surface area (TPSA) is 136 Å². The second-order valence-electron chi connectivity index (χ2n) is 10.4. The van der Waals surface area contributed by atoms with Crippen LogP contribution < -0.4 is 30.4 Å². The van der Waals surface area contributed by atoms with Gasteiger partial charge in [0.1, 0.15) is 0 Å². The van der Waals surface area contributed by atoms with Gasteiger partial charge in [-0.1, -0.05) is 6.07 Å². The van der Waals surface area contributed by atoms with Crippen molar-refractivity contribution in [1.82, 2.24) is 20.6 Å². The molecule has 1 atom stereocenters. The van der Waals surface area contributed by atoms with E-state index in [0.717, 1.165) is 28.3 Å². The van der Waals surface area contributed by atoms with Crippen molar-refractivity contribution in [2.45, 2.75) is 33.7 Å². The number of ether oxygens (including phenoxy) is 3. The standard InChI is InChI=1S/C32H38N6O6/c1-8-43-31(40)29-20(3)34-32(41)35-30(29)22-9-14-26(27(16-22)42-7)44-18-28(39)36-33-17-23-15-19(2)38(21(23)4)25-12-10-24(11-13-25)37(5)6/h9-17,30H,8,18H2,1-7H3,(H,36,39)(H2,34,35,41)/b33-17-/t30-/m0/s1. The lowest BCUT2D eigenvalue weighted by Gasteiger charge is -2.28. The third-order valence-corrected chi connectivity index (χ3v) is 7.13. The highest BCUT2D eigenvalue weighted by atomic mass is 16.5. The van der Waals surface area contributed by atoms with E-state index in [4.69, 9.17) is 14.2 Å². The van der Waals surface area contributed by atoms with Gasteiger partial charge < -0.3 is 34.3 Å². The molecule has 1 aliphatic heterocycles. The molecule has 0 aliphatic carbocycles. The predicted molar refractivity (Wildman–Crippen MR) is 168 cm³/mol. The lowest BCUT2D eigenvalue weighted by Crippen LogP contribution is -2.45. The van der Waals surface area contributed by atoms with Gasteiger partial charge in [0.05, 0.1) is 31.5 Å². The van der Waals surface area contributed by atoms with Crippen molar-refractivity contribution >= 4 is 29.8 Å². The molecule has 12 heteroatoms. The summed E-state index contributed by atoms with van der Waals surface area (Å²) in [6.07, 6.45) is 1.60. The molecule has 44 heavy (non-hydrogen) atoms. The Morgan fingerprint density at radius 2 is 1.80 bits per heavy atom. The van der Waals surface area contributed by atoms with Crippen LogP contribution in [0.3, 0.4) is 0 Å². The van der Waals surface area contributed by atoms with Gasteiger partial charge in [-0.25, -0.2) is 15.0 Å². The fraction of sp³-hybridized carbons (Fsp3) is 0.312. The summed E-state index contributed by atoms with van der Waals surface area (Å²) in [5.74, 6) is -0.384. The van der Waals surface area contributed by atoms with Crippen molar-refractivity contribution in [2.75, 3.05) is 39.3 Å². The summed E-state index contributed by atoms with van der Waals surface area (Å²) in [6.45, 7) is 7.23. The number of rotatable bonds is 11.